The van der Waals surface area contributed by atoms with E-state index in [4.69, 9.17) is 4.74 Å². The summed E-state index contributed by atoms with van der Waals surface area (Å²) in [5.41, 5.74) is 0.0484. The molecule has 1 fully saturated rings. The van der Waals surface area contributed by atoms with Crippen LogP contribution in [-0.2, 0) is 10.7 Å². The fourth-order valence-electron chi connectivity index (χ4n) is 2.37. The molecule has 1 aromatic carbocycles. The van der Waals surface area contributed by atoms with Gasteiger partial charge in [-0.05, 0) is 6.54 Å². The van der Waals surface area contributed by atoms with E-state index in [1.54, 1.807) is 18.2 Å². The van der Waals surface area contributed by atoms with Gasteiger partial charge in [0, 0.05) is 25.2 Å². The normalized spacial score (nSPS) is 21.1. The van der Waals surface area contributed by atoms with Crippen LogP contribution in [-0.4, -0.2) is 50.3 Å². The second-order valence-corrected chi connectivity index (χ2v) is 5.09. The average Bonchev–Trinajstić information content (AvgIpc) is 2.48. The van der Waals surface area contributed by atoms with Crippen LogP contribution in [0.1, 0.15) is 12.5 Å². The van der Waals surface area contributed by atoms with Gasteiger partial charge in [-0.25, -0.2) is 0 Å². The standard InChI is InChI=1S/C15H22F2N2O/c1-2-19-8-9-20-14(11-19)10-18-12-15(16,17)13-6-4-3-5-7-13/h3-7,14,18H,2,8-12H2,1H3. The first kappa shape index (κ1) is 15.4. The van der Waals surface area contributed by atoms with Crippen LogP contribution in [0.4, 0.5) is 8.78 Å². The van der Waals surface area contributed by atoms with Crippen LogP contribution in [0.3, 0.4) is 0 Å². The van der Waals surface area contributed by atoms with Crippen molar-refractivity contribution in [2.24, 2.45) is 0 Å². The first-order valence-electron chi connectivity index (χ1n) is 7.10. The first-order valence-corrected chi connectivity index (χ1v) is 7.10. The van der Waals surface area contributed by atoms with E-state index in [0.717, 1.165) is 19.6 Å². The van der Waals surface area contributed by atoms with Gasteiger partial charge in [0.15, 0.2) is 0 Å². The van der Waals surface area contributed by atoms with Gasteiger partial charge in [0.05, 0.1) is 19.3 Å². The summed E-state index contributed by atoms with van der Waals surface area (Å²) in [6.45, 7) is 5.57. The maximum absolute atomic E-state index is 13.9. The summed E-state index contributed by atoms with van der Waals surface area (Å²) < 4.78 is 33.5. The number of ether oxygens (including phenoxy) is 1. The van der Waals surface area contributed by atoms with Crippen molar-refractivity contribution in [3.8, 4) is 0 Å². The van der Waals surface area contributed by atoms with Crippen molar-refractivity contribution < 1.29 is 13.5 Å². The molecule has 0 saturated carbocycles. The van der Waals surface area contributed by atoms with Gasteiger partial charge in [0.1, 0.15) is 0 Å². The molecule has 0 amide bonds. The monoisotopic (exact) mass is 284 g/mol. The largest absolute Gasteiger partial charge is 0.374 e. The third-order valence-corrected chi connectivity index (χ3v) is 3.59. The Bertz CT molecular complexity index is 400. The minimum Gasteiger partial charge on any atom is -0.374 e. The summed E-state index contributed by atoms with van der Waals surface area (Å²) in [7, 11) is 0. The minimum atomic E-state index is -2.85. The number of nitrogens with zero attached hydrogens (tertiary/aromatic N) is 1. The number of nitrogens with one attached hydrogen (secondary N) is 1. The maximum Gasteiger partial charge on any atom is 0.285 e. The molecule has 1 N–H and O–H groups in total. The lowest BCUT2D eigenvalue weighted by atomic mass is 10.1. The van der Waals surface area contributed by atoms with E-state index in [9.17, 15) is 8.78 Å². The van der Waals surface area contributed by atoms with E-state index < -0.39 is 5.92 Å². The van der Waals surface area contributed by atoms with Gasteiger partial charge >= 0.3 is 0 Å². The predicted octanol–water partition coefficient (Wildman–Crippen LogP) is 2.09. The van der Waals surface area contributed by atoms with E-state index in [1.807, 2.05) is 0 Å². The highest BCUT2D eigenvalue weighted by atomic mass is 19.3. The zero-order chi connectivity index (χ0) is 14.4. The van der Waals surface area contributed by atoms with Crippen molar-refractivity contribution in [1.29, 1.82) is 0 Å². The van der Waals surface area contributed by atoms with Crippen molar-refractivity contribution in [3.05, 3.63) is 35.9 Å². The highest BCUT2D eigenvalue weighted by molar-refractivity contribution is 5.20. The molecule has 1 heterocycles. The maximum atomic E-state index is 13.9. The Balaban J connectivity index is 1.77. The number of morpholine rings is 1. The van der Waals surface area contributed by atoms with Gasteiger partial charge in [0.2, 0.25) is 0 Å². The van der Waals surface area contributed by atoms with Crippen LogP contribution >= 0.6 is 0 Å². The number of rotatable bonds is 6. The number of hydrogen-bond donors (Lipinski definition) is 1. The Hall–Kier alpha value is -1.04. The minimum absolute atomic E-state index is 0.00438. The lowest BCUT2D eigenvalue weighted by Crippen LogP contribution is -2.47. The Morgan fingerprint density at radius 3 is 2.80 bits per heavy atom. The van der Waals surface area contributed by atoms with E-state index in [2.05, 4.69) is 17.1 Å². The molecule has 2 rings (SSSR count). The lowest BCUT2D eigenvalue weighted by molar-refractivity contribution is -0.0358. The Morgan fingerprint density at radius 2 is 2.10 bits per heavy atom. The molecule has 3 nitrogen and oxygen atoms in total. The Labute approximate surface area is 118 Å². The first-order chi connectivity index (χ1) is 9.62. The molecular formula is C15H22F2N2O. The summed E-state index contributed by atoms with van der Waals surface area (Å²) in [4.78, 5) is 2.27. The molecule has 1 saturated heterocycles. The fourth-order valence-corrected chi connectivity index (χ4v) is 2.37. The van der Waals surface area contributed by atoms with Gasteiger partial charge in [0.25, 0.3) is 5.92 Å². The number of likely N-dealkylation sites (N-methyl/N-ethyl adjacent to an activating group) is 1. The number of benzene rings is 1. The molecule has 1 aliphatic heterocycles. The fraction of sp³-hybridized carbons (Fsp3) is 0.600. The summed E-state index contributed by atoms with van der Waals surface area (Å²) in [6.07, 6.45) is -0.00438. The molecule has 1 unspecified atom stereocenters. The number of alkyl halides is 2. The van der Waals surface area contributed by atoms with E-state index in [1.165, 1.54) is 12.1 Å². The third kappa shape index (κ3) is 4.23. The van der Waals surface area contributed by atoms with E-state index >= 15 is 0 Å². The van der Waals surface area contributed by atoms with Crippen LogP contribution in [0.25, 0.3) is 0 Å². The second-order valence-electron chi connectivity index (χ2n) is 5.09. The average molecular weight is 284 g/mol. The van der Waals surface area contributed by atoms with Crippen LogP contribution in [0.5, 0.6) is 0 Å². The van der Waals surface area contributed by atoms with Gasteiger partial charge in [-0.2, -0.15) is 8.78 Å². The van der Waals surface area contributed by atoms with Crippen molar-refractivity contribution in [2.45, 2.75) is 19.0 Å². The molecule has 0 aromatic heterocycles. The molecule has 0 radical (unpaired) electrons. The summed E-state index contributed by atoms with van der Waals surface area (Å²) in [5, 5.41) is 2.84. The number of halogens is 2. The Morgan fingerprint density at radius 1 is 1.35 bits per heavy atom. The van der Waals surface area contributed by atoms with Gasteiger partial charge in [-0.1, -0.05) is 37.3 Å². The van der Waals surface area contributed by atoms with Crippen LogP contribution in [0.15, 0.2) is 30.3 Å². The highest BCUT2D eigenvalue weighted by Gasteiger charge is 2.31. The van der Waals surface area contributed by atoms with E-state index in [-0.39, 0.29) is 18.2 Å². The third-order valence-electron chi connectivity index (χ3n) is 3.59. The molecule has 0 bridgehead atoms. The summed E-state index contributed by atoms with van der Waals surface area (Å²) in [5.74, 6) is -2.85. The van der Waals surface area contributed by atoms with Crippen LogP contribution < -0.4 is 5.32 Å². The van der Waals surface area contributed by atoms with Crippen molar-refractivity contribution in [3.63, 3.8) is 0 Å². The molecule has 5 heteroatoms. The molecule has 20 heavy (non-hydrogen) atoms. The quantitative estimate of drug-likeness (QED) is 0.865. The zero-order valence-corrected chi connectivity index (χ0v) is 11.8. The molecular weight excluding hydrogens is 262 g/mol. The topological polar surface area (TPSA) is 24.5 Å². The highest BCUT2D eigenvalue weighted by Crippen LogP contribution is 2.26. The SMILES string of the molecule is CCN1CCOC(CNCC(F)(F)c2ccccc2)C1. The smallest absolute Gasteiger partial charge is 0.285 e. The van der Waals surface area contributed by atoms with Crippen LogP contribution in [0, 0.1) is 0 Å². The van der Waals surface area contributed by atoms with Gasteiger partial charge in [-0.15, -0.1) is 0 Å². The molecule has 112 valence electrons. The number of hydrogen-bond acceptors (Lipinski definition) is 3. The molecule has 0 spiro atoms. The van der Waals surface area contributed by atoms with Gasteiger partial charge in [-0.3, -0.25) is 4.90 Å². The second kappa shape index (κ2) is 7.11. The van der Waals surface area contributed by atoms with Crippen LogP contribution in [0.2, 0.25) is 0 Å². The van der Waals surface area contributed by atoms with Gasteiger partial charge < -0.3 is 10.1 Å². The molecule has 1 atom stereocenters. The molecule has 0 aliphatic carbocycles. The molecule has 1 aromatic rings. The summed E-state index contributed by atoms with van der Waals surface area (Å²) >= 11 is 0. The summed E-state index contributed by atoms with van der Waals surface area (Å²) in [6, 6.07) is 7.91. The van der Waals surface area contributed by atoms with Crippen molar-refractivity contribution in [2.75, 3.05) is 39.3 Å². The zero-order valence-electron chi connectivity index (χ0n) is 11.8. The van der Waals surface area contributed by atoms with Crippen molar-refractivity contribution in [1.82, 2.24) is 10.2 Å². The predicted molar refractivity (Wildman–Crippen MR) is 75.1 cm³/mol. The lowest BCUT2D eigenvalue weighted by Gasteiger charge is -2.32. The Kier molecular flexibility index (Phi) is 5.46. The van der Waals surface area contributed by atoms with E-state index in [0.29, 0.717) is 13.2 Å². The molecule has 1 aliphatic rings. The van der Waals surface area contributed by atoms with Crippen molar-refractivity contribution >= 4 is 0 Å².